The molecule has 4 atom stereocenters. The molecule has 15 nitrogen and oxygen atoms in total. The van der Waals surface area contributed by atoms with Crippen molar-refractivity contribution in [3.63, 3.8) is 0 Å². The fourth-order valence-corrected chi connectivity index (χ4v) is 4.81. The van der Waals surface area contributed by atoms with Gasteiger partial charge in [-0.15, -0.1) is 0 Å². The van der Waals surface area contributed by atoms with Gasteiger partial charge < -0.3 is 47.1 Å². The lowest BCUT2D eigenvalue weighted by molar-refractivity contribution is -0.119. The van der Waals surface area contributed by atoms with Gasteiger partial charge in [-0.1, -0.05) is 56.8 Å². The lowest BCUT2D eigenvalue weighted by Gasteiger charge is -2.30. The van der Waals surface area contributed by atoms with E-state index in [9.17, 15) is 25.2 Å². The molecule has 0 heterocycles. The van der Waals surface area contributed by atoms with E-state index in [0.717, 1.165) is 50.5 Å². The van der Waals surface area contributed by atoms with Crippen LogP contribution < -0.4 is 26.8 Å². The summed E-state index contributed by atoms with van der Waals surface area (Å²) in [4.78, 5) is 22.5. The van der Waals surface area contributed by atoms with Crippen molar-refractivity contribution in [1.29, 1.82) is 5.41 Å². The molecule has 1 rings (SSSR count). The monoisotopic (exact) mass is 712 g/mol. The van der Waals surface area contributed by atoms with Gasteiger partial charge in [0.25, 0.3) is 5.91 Å². The van der Waals surface area contributed by atoms with E-state index in [1.54, 1.807) is 6.92 Å². The zero-order valence-corrected chi connectivity index (χ0v) is 29.7. The maximum Gasteiger partial charge on any atom is 0.280 e. The highest BCUT2D eigenvalue weighted by Crippen LogP contribution is 2.15. The van der Waals surface area contributed by atoms with Crippen LogP contribution in [0.1, 0.15) is 64.4 Å². The van der Waals surface area contributed by atoms with E-state index in [1.165, 1.54) is 7.05 Å². The summed E-state index contributed by atoms with van der Waals surface area (Å²) in [6.45, 7) is 5.28. The smallest absolute Gasteiger partial charge is 0.280 e. The summed E-state index contributed by atoms with van der Waals surface area (Å²) in [7, 11) is 1.51. The number of hydrogen-bond acceptors (Lipinski definition) is 12. The third-order valence-corrected chi connectivity index (χ3v) is 7.99. The normalized spacial score (nSPS) is 15.3. The van der Waals surface area contributed by atoms with Crippen molar-refractivity contribution >= 4 is 35.0 Å². The number of aliphatic imine (C=N–C) groups is 2. The Bertz CT molecular complexity index is 1220. The summed E-state index contributed by atoms with van der Waals surface area (Å²) in [5.74, 6) is -0.402. The first-order chi connectivity index (χ1) is 23.4. The summed E-state index contributed by atoms with van der Waals surface area (Å²) in [6.07, 6.45) is 0.869. The highest BCUT2D eigenvalue weighted by Gasteiger charge is 2.31. The Morgan fingerprint density at radius 1 is 1.00 bits per heavy atom. The number of ether oxygens (including phenoxy) is 1. The van der Waals surface area contributed by atoms with Crippen molar-refractivity contribution in [1.82, 2.24) is 15.5 Å². The van der Waals surface area contributed by atoms with Crippen LogP contribution in [0.4, 0.5) is 0 Å². The number of benzene rings is 1. The van der Waals surface area contributed by atoms with Crippen molar-refractivity contribution in [3.05, 3.63) is 40.7 Å². The second kappa shape index (κ2) is 24.8. The number of unbranched alkanes of at least 4 members (excludes halogenated alkanes) is 4. The van der Waals surface area contributed by atoms with Gasteiger partial charge in [-0.3, -0.25) is 25.4 Å². The Kier molecular flexibility index (Phi) is 22.1. The van der Waals surface area contributed by atoms with Gasteiger partial charge in [0.05, 0.1) is 12.7 Å². The molecule has 0 radical (unpaired) electrons. The first kappa shape index (κ1) is 43.7. The number of allylic oxidation sites excluding steroid dienone is 1. The second-order valence-electron chi connectivity index (χ2n) is 11.6. The van der Waals surface area contributed by atoms with E-state index in [2.05, 4.69) is 27.5 Å². The average molecular weight is 713 g/mol. The fraction of sp³-hybridized carbons (Fsp3) is 0.636. The van der Waals surface area contributed by atoms with Crippen LogP contribution in [0.15, 0.2) is 45.1 Å². The second-order valence-corrected chi connectivity index (χ2v) is 12.0. The Balaban J connectivity index is 2.56. The number of rotatable bonds is 24. The van der Waals surface area contributed by atoms with E-state index >= 15 is 0 Å². The number of carbonyl (C=O) groups is 1. The minimum absolute atomic E-state index is 0.0758. The lowest BCUT2D eigenvalue weighted by Crippen LogP contribution is -2.50. The molecule has 0 bridgehead atoms. The molecule has 1 amide bonds. The number of halogens is 1. The average Bonchev–Trinajstić information content (AvgIpc) is 3.10. The standard InChI is InChI=1S/C33H57ClN8O7/c1-4-6-7-10-17-42(20-25(44)28(46)29(47)26(45)21-43)18-19-49-23-14-12-22(13-15-23)11-8-9-16-39-33(38-3)41-32(48)27(31(36)37)40-30(34)24(35)5-2/h12-15,25-26,28-29,43-47H,4-11,16-21,35H2,1-3H3,(H3,36,37)(H2,38,39,41,48)/b30-24+,40-27?/t25-,26+,28-,29+/m0/s1. The highest BCUT2D eigenvalue weighted by atomic mass is 35.5. The van der Waals surface area contributed by atoms with Crippen LogP contribution >= 0.6 is 11.6 Å². The van der Waals surface area contributed by atoms with Gasteiger partial charge in [0.2, 0.25) is 0 Å². The van der Waals surface area contributed by atoms with E-state index < -0.39 is 42.8 Å². The number of carbonyl (C=O) groups excluding carboxylic acids is 1. The molecule has 0 spiro atoms. The van der Waals surface area contributed by atoms with Crippen LogP contribution in [-0.2, 0) is 11.2 Å². The molecule has 0 aliphatic carbocycles. The number of aliphatic hydroxyl groups is 5. The molecule has 0 saturated carbocycles. The van der Waals surface area contributed by atoms with Gasteiger partial charge in [0.1, 0.15) is 41.7 Å². The molecule has 12 N–H and O–H groups in total. The molecule has 49 heavy (non-hydrogen) atoms. The Labute approximate surface area is 294 Å². The maximum atomic E-state index is 12.6. The van der Waals surface area contributed by atoms with Crippen LogP contribution in [0.5, 0.6) is 5.75 Å². The molecule has 0 aliphatic rings. The van der Waals surface area contributed by atoms with E-state index in [-0.39, 0.29) is 29.1 Å². The molecule has 278 valence electrons. The minimum Gasteiger partial charge on any atom is -0.492 e. The number of amidine groups is 1. The predicted molar refractivity (Wildman–Crippen MR) is 193 cm³/mol. The molecular formula is C33H57ClN8O7. The van der Waals surface area contributed by atoms with Gasteiger partial charge in [-0.05, 0) is 56.3 Å². The van der Waals surface area contributed by atoms with Gasteiger partial charge in [0, 0.05) is 32.4 Å². The Morgan fingerprint density at radius 2 is 1.67 bits per heavy atom. The summed E-state index contributed by atoms with van der Waals surface area (Å²) in [6, 6.07) is 7.77. The largest absolute Gasteiger partial charge is 0.492 e. The number of aliphatic hydroxyl groups excluding tert-OH is 5. The zero-order valence-electron chi connectivity index (χ0n) is 28.9. The summed E-state index contributed by atoms with van der Waals surface area (Å²) in [5.41, 5.74) is 12.3. The molecule has 0 unspecified atom stereocenters. The summed E-state index contributed by atoms with van der Waals surface area (Å²) >= 11 is 6.01. The third-order valence-electron chi connectivity index (χ3n) is 7.66. The predicted octanol–water partition coefficient (Wildman–Crippen LogP) is 0.551. The highest BCUT2D eigenvalue weighted by molar-refractivity contribution is 6.67. The van der Waals surface area contributed by atoms with Crippen molar-refractivity contribution in [2.45, 2.75) is 89.6 Å². The van der Waals surface area contributed by atoms with E-state index in [4.69, 9.17) is 38.3 Å². The van der Waals surface area contributed by atoms with Gasteiger partial charge >= 0.3 is 0 Å². The molecule has 0 aromatic heterocycles. The molecule has 0 saturated heterocycles. The maximum absolute atomic E-state index is 12.6. The molecule has 1 aromatic rings. The first-order valence-corrected chi connectivity index (χ1v) is 17.1. The van der Waals surface area contributed by atoms with Crippen LogP contribution in [0, 0.1) is 5.41 Å². The van der Waals surface area contributed by atoms with Crippen molar-refractivity contribution < 1.29 is 35.1 Å². The molecule has 0 aliphatic heterocycles. The van der Waals surface area contributed by atoms with E-state index in [1.807, 2.05) is 29.2 Å². The van der Waals surface area contributed by atoms with Crippen molar-refractivity contribution in [2.24, 2.45) is 21.5 Å². The van der Waals surface area contributed by atoms with Gasteiger partial charge in [0.15, 0.2) is 11.7 Å². The SMILES string of the molecule is CCCCCCN(CCOc1ccc(CCCCNC(=NC)NC(=O)C(=N/C(Cl)=C(/N)CC)C(=N)N)cc1)C[C@H](O)[C@H](O)[C@H](O)[C@H](O)CO. The Morgan fingerprint density at radius 3 is 2.27 bits per heavy atom. The van der Waals surface area contributed by atoms with Crippen LogP contribution in [-0.4, -0.2) is 125 Å². The minimum atomic E-state index is -1.66. The molecular weight excluding hydrogens is 656 g/mol. The molecule has 0 fully saturated rings. The lowest BCUT2D eigenvalue weighted by atomic mass is 10.0. The zero-order chi connectivity index (χ0) is 36.8. The van der Waals surface area contributed by atoms with Crippen LogP contribution in [0.2, 0.25) is 0 Å². The molecule has 1 aromatic carbocycles. The van der Waals surface area contributed by atoms with Gasteiger partial charge in [-0.2, -0.15) is 0 Å². The third kappa shape index (κ3) is 17.3. The van der Waals surface area contributed by atoms with E-state index in [0.29, 0.717) is 38.4 Å². The number of nitrogens with one attached hydrogen (secondary N) is 3. The number of amides is 1. The van der Waals surface area contributed by atoms with Crippen LogP contribution in [0.25, 0.3) is 0 Å². The number of nitrogens with zero attached hydrogens (tertiary/aromatic N) is 3. The summed E-state index contributed by atoms with van der Waals surface area (Å²) < 4.78 is 5.94. The molecule has 16 heteroatoms. The first-order valence-electron chi connectivity index (χ1n) is 16.7. The number of aryl methyl sites for hydroxylation is 1. The number of guanidine groups is 1. The number of hydrogen-bond donors (Lipinski definition) is 10. The summed E-state index contributed by atoms with van der Waals surface area (Å²) in [5, 5.41) is 62.5. The van der Waals surface area contributed by atoms with Crippen molar-refractivity contribution in [3.8, 4) is 5.75 Å². The van der Waals surface area contributed by atoms with Gasteiger partial charge in [-0.25, -0.2) is 4.99 Å². The quantitative estimate of drug-likeness (QED) is 0.0306. The van der Waals surface area contributed by atoms with Crippen LogP contribution in [0.3, 0.4) is 0 Å². The Hall–Kier alpha value is -3.31. The number of nitrogens with two attached hydrogens (primary N) is 2. The topological polar surface area (TPSA) is 255 Å². The van der Waals surface area contributed by atoms with Crippen molar-refractivity contribution in [2.75, 3.05) is 46.4 Å². The fourth-order valence-electron chi connectivity index (χ4n) is 4.59.